The summed E-state index contributed by atoms with van der Waals surface area (Å²) >= 11 is 0. The van der Waals surface area contributed by atoms with E-state index in [2.05, 4.69) is 10.2 Å². The third kappa shape index (κ3) is 2.26. The monoisotopic (exact) mass is 182 g/mol. The standard InChI is InChI=1S/C12H10N2/c1-2-5-11(6-3-1)8-9-12-7-4-10-13-14-12/h1-10H/b9-8+. The van der Waals surface area contributed by atoms with E-state index in [0.29, 0.717) is 0 Å². The van der Waals surface area contributed by atoms with Crippen molar-refractivity contribution in [2.75, 3.05) is 0 Å². The summed E-state index contributed by atoms with van der Waals surface area (Å²) in [5, 5.41) is 7.75. The molecule has 1 aromatic heterocycles. The van der Waals surface area contributed by atoms with Crippen LogP contribution >= 0.6 is 0 Å². The van der Waals surface area contributed by atoms with Gasteiger partial charge in [0, 0.05) is 6.20 Å². The molecule has 0 saturated heterocycles. The minimum absolute atomic E-state index is 0.872. The van der Waals surface area contributed by atoms with Gasteiger partial charge in [-0.3, -0.25) is 0 Å². The SMILES string of the molecule is C(=C\c1cccnn1)/c1ccccc1. The van der Waals surface area contributed by atoms with Gasteiger partial charge in [0.25, 0.3) is 0 Å². The van der Waals surface area contributed by atoms with Crippen LogP contribution in [0.1, 0.15) is 11.3 Å². The second-order valence-electron chi connectivity index (χ2n) is 2.89. The lowest BCUT2D eigenvalue weighted by Gasteiger charge is -1.91. The Morgan fingerprint density at radius 1 is 0.857 bits per heavy atom. The van der Waals surface area contributed by atoms with Gasteiger partial charge >= 0.3 is 0 Å². The van der Waals surface area contributed by atoms with E-state index in [1.165, 1.54) is 0 Å². The summed E-state index contributed by atoms with van der Waals surface area (Å²) in [5.41, 5.74) is 2.04. The number of aromatic nitrogens is 2. The van der Waals surface area contributed by atoms with Gasteiger partial charge in [-0.1, -0.05) is 36.4 Å². The Labute approximate surface area is 82.9 Å². The van der Waals surface area contributed by atoms with Gasteiger partial charge in [0.2, 0.25) is 0 Å². The molecule has 68 valence electrons. The van der Waals surface area contributed by atoms with E-state index in [9.17, 15) is 0 Å². The van der Waals surface area contributed by atoms with Crippen molar-refractivity contribution in [2.45, 2.75) is 0 Å². The van der Waals surface area contributed by atoms with Crippen molar-refractivity contribution >= 4 is 12.2 Å². The smallest absolute Gasteiger partial charge is 0.0857 e. The first-order valence-electron chi connectivity index (χ1n) is 4.46. The van der Waals surface area contributed by atoms with Gasteiger partial charge in [0.05, 0.1) is 5.69 Å². The van der Waals surface area contributed by atoms with Gasteiger partial charge in [-0.15, -0.1) is 0 Å². The second-order valence-corrected chi connectivity index (χ2v) is 2.89. The fraction of sp³-hybridized carbons (Fsp3) is 0. The molecule has 0 fully saturated rings. The zero-order valence-corrected chi connectivity index (χ0v) is 7.67. The summed E-state index contributed by atoms with van der Waals surface area (Å²) < 4.78 is 0. The minimum atomic E-state index is 0.872. The average molecular weight is 182 g/mol. The lowest BCUT2D eigenvalue weighted by atomic mass is 10.2. The van der Waals surface area contributed by atoms with Crippen LogP contribution in [-0.2, 0) is 0 Å². The molecule has 0 unspecified atom stereocenters. The Morgan fingerprint density at radius 3 is 2.43 bits per heavy atom. The molecule has 0 aliphatic rings. The summed E-state index contributed by atoms with van der Waals surface area (Å²) in [5.74, 6) is 0. The molecule has 0 radical (unpaired) electrons. The van der Waals surface area contributed by atoms with Crippen LogP contribution in [0.4, 0.5) is 0 Å². The highest BCUT2D eigenvalue weighted by molar-refractivity contribution is 5.67. The fourth-order valence-electron chi connectivity index (χ4n) is 1.15. The summed E-state index contributed by atoms with van der Waals surface area (Å²) in [6.07, 6.45) is 5.63. The van der Waals surface area contributed by atoms with Crippen LogP contribution in [0.2, 0.25) is 0 Å². The van der Waals surface area contributed by atoms with Crippen LogP contribution in [0, 0.1) is 0 Å². The van der Waals surface area contributed by atoms with E-state index in [1.54, 1.807) is 6.20 Å². The molecule has 1 aromatic carbocycles. The van der Waals surface area contributed by atoms with Crippen LogP contribution < -0.4 is 0 Å². The van der Waals surface area contributed by atoms with Gasteiger partial charge in [0.1, 0.15) is 0 Å². The lowest BCUT2D eigenvalue weighted by Crippen LogP contribution is -1.81. The normalized spacial score (nSPS) is 10.6. The zero-order chi connectivity index (χ0) is 9.64. The van der Waals surface area contributed by atoms with E-state index in [4.69, 9.17) is 0 Å². The molecule has 2 nitrogen and oxygen atoms in total. The maximum absolute atomic E-state index is 3.96. The Hall–Kier alpha value is -1.96. The maximum Gasteiger partial charge on any atom is 0.0857 e. The summed E-state index contributed by atoms with van der Waals surface area (Å²) in [4.78, 5) is 0. The molecule has 0 spiro atoms. The molecule has 0 N–H and O–H groups in total. The molecule has 0 atom stereocenters. The molecule has 1 heterocycles. The van der Waals surface area contributed by atoms with Crippen molar-refractivity contribution in [1.82, 2.24) is 10.2 Å². The molecule has 0 bridgehead atoms. The van der Waals surface area contributed by atoms with Crippen LogP contribution in [0.5, 0.6) is 0 Å². The Kier molecular flexibility index (Phi) is 2.67. The summed E-state index contributed by atoms with van der Waals surface area (Å²) in [7, 11) is 0. The second kappa shape index (κ2) is 4.33. The minimum Gasteiger partial charge on any atom is -0.159 e. The van der Waals surface area contributed by atoms with Gasteiger partial charge in [0.15, 0.2) is 0 Å². The molecule has 0 aliphatic carbocycles. The quantitative estimate of drug-likeness (QED) is 0.713. The van der Waals surface area contributed by atoms with E-state index in [0.717, 1.165) is 11.3 Å². The fourth-order valence-corrected chi connectivity index (χ4v) is 1.15. The predicted molar refractivity (Wildman–Crippen MR) is 57.4 cm³/mol. The molecular formula is C12H10N2. The van der Waals surface area contributed by atoms with E-state index >= 15 is 0 Å². The van der Waals surface area contributed by atoms with Crippen molar-refractivity contribution < 1.29 is 0 Å². The molecule has 0 saturated carbocycles. The first kappa shape index (κ1) is 8.63. The van der Waals surface area contributed by atoms with Crippen LogP contribution in [0.15, 0.2) is 48.7 Å². The Balaban J connectivity index is 2.16. The topological polar surface area (TPSA) is 25.8 Å². The molecule has 0 amide bonds. The first-order chi connectivity index (χ1) is 6.95. The van der Waals surface area contributed by atoms with Crippen molar-refractivity contribution in [3.8, 4) is 0 Å². The van der Waals surface area contributed by atoms with Crippen molar-refractivity contribution in [1.29, 1.82) is 0 Å². The first-order valence-corrected chi connectivity index (χ1v) is 4.46. The van der Waals surface area contributed by atoms with Crippen LogP contribution in [0.25, 0.3) is 12.2 Å². The highest BCUT2D eigenvalue weighted by atomic mass is 15.1. The molecule has 2 aromatic rings. The third-order valence-electron chi connectivity index (χ3n) is 1.84. The van der Waals surface area contributed by atoms with Crippen LogP contribution in [-0.4, -0.2) is 10.2 Å². The number of benzene rings is 1. The number of nitrogens with zero attached hydrogens (tertiary/aromatic N) is 2. The highest BCUT2D eigenvalue weighted by Gasteiger charge is 1.86. The highest BCUT2D eigenvalue weighted by Crippen LogP contribution is 2.04. The van der Waals surface area contributed by atoms with Crippen molar-refractivity contribution in [2.24, 2.45) is 0 Å². The van der Waals surface area contributed by atoms with Gasteiger partial charge in [-0.2, -0.15) is 10.2 Å². The number of rotatable bonds is 2. The molecule has 2 heteroatoms. The van der Waals surface area contributed by atoms with Gasteiger partial charge in [-0.05, 0) is 23.8 Å². The Morgan fingerprint density at radius 2 is 1.71 bits per heavy atom. The van der Waals surface area contributed by atoms with E-state index < -0.39 is 0 Å². The lowest BCUT2D eigenvalue weighted by molar-refractivity contribution is 1.02. The maximum atomic E-state index is 3.96. The summed E-state index contributed by atoms with van der Waals surface area (Å²) in [6.45, 7) is 0. The average Bonchev–Trinajstić information content (AvgIpc) is 2.29. The van der Waals surface area contributed by atoms with Gasteiger partial charge in [-0.25, -0.2) is 0 Å². The largest absolute Gasteiger partial charge is 0.159 e. The summed E-state index contributed by atoms with van der Waals surface area (Å²) in [6, 6.07) is 13.9. The molecule has 0 aliphatic heterocycles. The molecule has 2 rings (SSSR count). The third-order valence-corrected chi connectivity index (χ3v) is 1.84. The van der Waals surface area contributed by atoms with E-state index in [-0.39, 0.29) is 0 Å². The molecule has 14 heavy (non-hydrogen) atoms. The molecular weight excluding hydrogens is 172 g/mol. The Bertz CT molecular complexity index is 365. The predicted octanol–water partition coefficient (Wildman–Crippen LogP) is 2.65. The van der Waals surface area contributed by atoms with Gasteiger partial charge < -0.3 is 0 Å². The van der Waals surface area contributed by atoms with Crippen molar-refractivity contribution in [3.63, 3.8) is 0 Å². The van der Waals surface area contributed by atoms with E-state index in [1.807, 2.05) is 54.6 Å². The number of hydrogen-bond acceptors (Lipinski definition) is 2. The van der Waals surface area contributed by atoms with Crippen molar-refractivity contribution in [3.05, 3.63) is 59.9 Å². The number of hydrogen-bond donors (Lipinski definition) is 0. The zero-order valence-electron chi connectivity index (χ0n) is 7.67. The van der Waals surface area contributed by atoms with Crippen LogP contribution in [0.3, 0.4) is 0 Å².